The van der Waals surface area contributed by atoms with Crippen LogP contribution < -0.4 is 29.1 Å². The number of hydrogen-bond acceptors (Lipinski definition) is 9. The number of fused-ring (bicyclic) bond motifs is 1. The predicted octanol–water partition coefficient (Wildman–Crippen LogP) is 7.07. The van der Waals surface area contributed by atoms with Crippen molar-refractivity contribution < 1.29 is 33.3 Å². The summed E-state index contributed by atoms with van der Waals surface area (Å²) >= 11 is 3.45. The SMILES string of the molecule is CCOc1cc(C=NNC(=O)c2cc(-c3ccc(Br)cc3)nc3ccccc23)ccc1OC(=O)c1cc(OC)c(OC)c(OC)c1. The zero-order chi connectivity index (χ0) is 32.6. The Labute approximate surface area is 274 Å². The number of esters is 1. The molecule has 1 amide bonds. The number of nitrogens with one attached hydrogen (secondary N) is 1. The van der Waals surface area contributed by atoms with Gasteiger partial charge in [0.2, 0.25) is 5.75 Å². The summed E-state index contributed by atoms with van der Waals surface area (Å²) in [6, 6.07) is 24.8. The van der Waals surface area contributed by atoms with Gasteiger partial charge in [0.05, 0.1) is 56.5 Å². The van der Waals surface area contributed by atoms with Gasteiger partial charge >= 0.3 is 5.97 Å². The normalized spacial score (nSPS) is 10.9. The molecule has 5 rings (SSSR count). The molecule has 0 aliphatic heterocycles. The fourth-order valence-electron chi connectivity index (χ4n) is 4.67. The van der Waals surface area contributed by atoms with Crippen molar-refractivity contribution in [1.82, 2.24) is 10.4 Å². The fraction of sp³-hybridized carbons (Fsp3) is 0.143. The van der Waals surface area contributed by atoms with E-state index in [9.17, 15) is 9.59 Å². The van der Waals surface area contributed by atoms with Gasteiger partial charge in [0.1, 0.15) is 0 Å². The van der Waals surface area contributed by atoms with Crippen LogP contribution in [0.2, 0.25) is 0 Å². The second-order valence-electron chi connectivity index (χ2n) is 9.72. The molecule has 234 valence electrons. The van der Waals surface area contributed by atoms with Gasteiger partial charge < -0.3 is 23.7 Å². The van der Waals surface area contributed by atoms with E-state index in [-0.39, 0.29) is 11.3 Å². The number of aromatic nitrogens is 1. The third kappa shape index (κ3) is 7.10. The first-order valence-electron chi connectivity index (χ1n) is 14.1. The largest absolute Gasteiger partial charge is 0.493 e. The average molecular weight is 685 g/mol. The molecule has 1 N–H and O–H groups in total. The van der Waals surface area contributed by atoms with Crippen molar-refractivity contribution in [3.05, 3.63) is 106 Å². The van der Waals surface area contributed by atoms with Crippen molar-refractivity contribution in [3.63, 3.8) is 0 Å². The Morgan fingerprint density at radius 2 is 1.57 bits per heavy atom. The lowest BCUT2D eigenvalue weighted by Crippen LogP contribution is -2.18. The Kier molecular flexibility index (Phi) is 10.1. The minimum Gasteiger partial charge on any atom is -0.493 e. The molecule has 46 heavy (non-hydrogen) atoms. The van der Waals surface area contributed by atoms with Gasteiger partial charge in [-0.1, -0.05) is 46.3 Å². The van der Waals surface area contributed by atoms with Crippen LogP contribution >= 0.6 is 15.9 Å². The smallest absolute Gasteiger partial charge is 0.343 e. The number of carbonyl (C=O) groups excluding carboxylic acids is 2. The molecule has 0 atom stereocenters. The quantitative estimate of drug-likeness (QED) is 0.0680. The highest BCUT2D eigenvalue weighted by molar-refractivity contribution is 9.10. The van der Waals surface area contributed by atoms with Crippen LogP contribution in [0, 0.1) is 0 Å². The monoisotopic (exact) mass is 683 g/mol. The molecule has 1 aromatic heterocycles. The second-order valence-corrected chi connectivity index (χ2v) is 10.6. The Bertz CT molecular complexity index is 1900. The van der Waals surface area contributed by atoms with Gasteiger partial charge in [-0.15, -0.1) is 0 Å². The molecule has 5 aromatic rings. The fourth-order valence-corrected chi connectivity index (χ4v) is 4.94. The van der Waals surface area contributed by atoms with Crippen LogP contribution in [0.1, 0.15) is 33.2 Å². The minimum absolute atomic E-state index is 0.192. The van der Waals surface area contributed by atoms with Gasteiger partial charge in [-0.25, -0.2) is 15.2 Å². The van der Waals surface area contributed by atoms with Gasteiger partial charge in [0.15, 0.2) is 23.0 Å². The maximum absolute atomic E-state index is 13.3. The third-order valence-corrected chi connectivity index (χ3v) is 7.38. The van der Waals surface area contributed by atoms with E-state index in [1.54, 1.807) is 24.3 Å². The molecule has 10 nitrogen and oxygen atoms in total. The van der Waals surface area contributed by atoms with E-state index >= 15 is 0 Å². The first kappa shape index (κ1) is 32.0. The summed E-state index contributed by atoms with van der Waals surface area (Å²) in [6.07, 6.45) is 1.48. The number of carbonyl (C=O) groups is 2. The summed E-state index contributed by atoms with van der Waals surface area (Å²) in [6.45, 7) is 2.13. The van der Waals surface area contributed by atoms with Crippen molar-refractivity contribution in [2.24, 2.45) is 5.10 Å². The molecule has 0 spiro atoms. The number of nitrogens with zero attached hydrogens (tertiary/aromatic N) is 2. The second kappa shape index (κ2) is 14.6. The van der Waals surface area contributed by atoms with Gasteiger partial charge in [0.25, 0.3) is 5.91 Å². The zero-order valence-electron chi connectivity index (χ0n) is 25.5. The van der Waals surface area contributed by atoms with Crippen LogP contribution in [0.3, 0.4) is 0 Å². The molecular weight excluding hydrogens is 654 g/mol. The standard InChI is InChI=1S/C35H30BrN3O7/c1-5-45-30-16-21(10-15-29(30)46-35(41)23-17-31(42-2)33(44-4)32(18-23)43-3)20-37-39-34(40)26-19-28(22-11-13-24(36)14-12-22)38-27-9-7-6-8-25(26)27/h6-20H,5H2,1-4H3,(H,39,40). The number of methoxy groups -OCH3 is 3. The van der Waals surface area contributed by atoms with Crippen LogP contribution in [0.15, 0.2) is 94.5 Å². The molecule has 0 bridgehead atoms. The van der Waals surface area contributed by atoms with Crippen molar-refractivity contribution in [3.8, 4) is 40.0 Å². The first-order chi connectivity index (χ1) is 22.3. The lowest BCUT2D eigenvalue weighted by molar-refractivity contribution is 0.0727. The Morgan fingerprint density at radius 1 is 0.848 bits per heavy atom. The molecule has 0 unspecified atom stereocenters. The van der Waals surface area contributed by atoms with Crippen LogP contribution in [0.5, 0.6) is 28.7 Å². The van der Waals surface area contributed by atoms with Crippen LogP contribution in [0.4, 0.5) is 0 Å². The van der Waals surface area contributed by atoms with Gasteiger partial charge in [-0.2, -0.15) is 5.10 Å². The Hall–Kier alpha value is -5.42. The summed E-state index contributed by atoms with van der Waals surface area (Å²) < 4.78 is 28.4. The number of halogens is 1. The number of ether oxygens (including phenoxy) is 5. The zero-order valence-corrected chi connectivity index (χ0v) is 27.1. The number of pyridine rings is 1. The molecule has 0 saturated heterocycles. The van der Waals surface area contributed by atoms with E-state index in [1.165, 1.54) is 39.7 Å². The van der Waals surface area contributed by atoms with Crippen molar-refractivity contribution >= 4 is 44.9 Å². The van der Waals surface area contributed by atoms with Gasteiger partial charge in [0, 0.05) is 15.4 Å². The topological polar surface area (TPSA) is 118 Å². The first-order valence-corrected chi connectivity index (χ1v) is 14.9. The van der Waals surface area contributed by atoms with Crippen molar-refractivity contribution in [1.29, 1.82) is 0 Å². The maximum Gasteiger partial charge on any atom is 0.343 e. The summed E-state index contributed by atoms with van der Waals surface area (Å²) in [4.78, 5) is 31.2. The van der Waals surface area contributed by atoms with E-state index < -0.39 is 11.9 Å². The highest BCUT2D eigenvalue weighted by Crippen LogP contribution is 2.39. The Balaban J connectivity index is 1.35. The number of benzene rings is 4. The third-order valence-electron chi connectivity index (χ3n) is 6.85. The van der Waals surface area contributed by atoms with E-state index in [0.717, 1.165) is 10.0 Å². The van der Waals surface area contributed by atoms with Crippen LogP contribution in [-0.2, 0) is 0 Å². The highest BCUT2D eigenvalue weighted by atomic mass is 79.9. The summed E-state index contributed by atoms with van der Waals surface area (Å²) in [5, 5.41) is 4.88. The minimum atomic E-state index is -0.652. The molecule has 0 saturated carbocycles. The number of hydrogen-bond donors (Lipinski definition) is 1. The van der Waals surface area contributed by atoms with Crippen LogP contribution in [-0.4, -0.2) is 51.0 Å². The predicted molar refractivity (Wildman–Crippen MR) is 179 cm³/mol. The molecule has 4 aromatic carbocycles. The highest BCUT2D eigenvalue weighted by Gasteiger charge is 2.20. The number of para-hydroxylation sites is 1. The number of rotatable bonds is 11. The lowest BCUT2D eigenvalue weighted by Gasteiger charge is -2.15. The Morgan fingerprint density at radius 3 is 2.24 bits per heavy atom. The average Bonchev–Trinajstić information content (AvgIpc) is 3.08. The van der Waals surface area contributed by atoms with E-state index in [1.807, 2.05) is 55.5 Å². The molecule has 0 radical (unpaired) electrons. The summed E-state index contributed by atoms with van der Waals surface area (Å²) in [5.41, 5.74) is 6.07. The molecule has 1 heterocycles. The molecular formula is C35H30BrN3O7. The van der Waals surface area contributed by atoms with Gasteiger partial charge in [-0.3, -0.25) is 4.79 Å². The summed E-state index contributed by atoms with van der Waals surface area (Å²) in [7, 11) is 4.40. The number of hydrazone groups is 1. The number of amides is 1. The molecule has 0 fully saturated rings. The van der Waals surface area contributed by atoms with Crippen LogP contribution in [0.25, 0.3) is 22.2 Å². The molecule has 0 aliphatic rings. The molecule has 11 heteroatoms. The summed E-state index contributed by atoms with van der Waals surface area (Å²) in [5.74, 6) is 0.460. The molecule has 0 aliphatic carbocycles. The van der Waals surface area contributed by atoms with E-state index in [4.69, 9.17) is 28.7 Å². The van der Waals surface area contributed by atoms with Gasteiger partial charge in [-0.05, 0) is 67.1 Å². The van der Waals surface area contributed by atoms with Crippen molar-refractivity contribution in [2.45, 2.75) is 6.92 Å². The van der Waals surface area contributed by atoms with E-state index in [0.29, 0.717) is 57.3 Å². The lowest BCUT2D eigenvalue weighted by atomic mass is 10.0. The maximum atomic E-state index is 13.3. The van der Waals surface area contributed by atoms with Crippen molar-refractivity contribution in [2.75, 3.05) is 27.9 Å². The van der Waals surface area contributed by atoms with E-state index in [2.05, 4.69) is 26.5 Å².